The predicted octanol–water partition coefficient (Wildman–Crippen LogP) is 3.74. The van der Waals surface area contributed by atoms with E-state index in [-0.39, 0.29) is 5.91 Å². The molecule has 1 N–H and O–H groups in total. The van der Waals surface area contributed by atoms with Crippen LogP contribution in [0.15, 0.2) is 34.9 Å². The Balaban J connectivity index is 1.96. The van der Waals surface area contributed by atoms with E-state index in [1.807, 2.05) is 65.9 Å². The number of anilines is 1. The molecule has 3 heterocycles. The molecule has 1 aromatic carbocycles. The van der Waals surface area contributed by atoms with E-state index in [1.54, 1.807) is 17.5 Å². The summed E-state index contributed by atoms with van der Waals surface area (Å²) in [4.78, 5) is 17.3. The van der Waals surface area contributed by atoms with Crippen LogP contribution in [0, 0.1) is 6.92 Å². The van der Waals surface area contributed by atoms with Crippen LogP contribution >= 0.6 is 12.8 Å². The van der Waals surface area contributed by atoms with Gasteiger partial charge in [-0.1, -0.05) is 12.8 Å². The first-order chi connectivity index (χ1) is 14.9. The molecule has 0 unspecified atom stereocenters. The molecule has 1 aliphatic rings. The largest absolute Gasteiger partial charge is 0.497 e. The SMILES string of the molecule is CNC(=O)c1c(-c2ccc(C)nc2)oc2cc(N(C)S)c(B3OC(C)(C)C(C)(C)O3)cc12. The van der Waals surface area contributed by atoms with Crippen molar-refractivity contribution in [2.45, 2.75) is 45.8 Å². The second-order valence-electron chi connectivity index (χ2n) is 9.09. The van der Waals surface area contributed by atoms with E-state index < -0.39 is 18.3 Å². The molecule has 1 aliphatic heterocycles. The first-order valence-corrected chi connectivity index (χ1v) is 10.9. The number of carbonyl (C=O) groups excluding carboxylic acids is 1. The van der Waals surface area contributed by atoms with Gasteiger partial charge in [-0.15, -0.1) is 0 Å². The monoisotopic (exact) mass is 453 g/mol. The number of hydrogen-bond donors (Lipinski definition) is 2. The Bertz CT molecular complexity index is 1170. The third kappa shape index (κ3) is 3.68. The van der Waals surface area contributed by atoms with Crippen LogP contribution in [0.5, 0.6) is 0 Å². The number of carbonyl (C=O) groups is 1. The third-order valence-corrected chi connectivity index (χ3v) is 6.54. The number of aromatic nitrogens is 1. The summed E-state index contributed by atoms with van der Waals surface area (Å²) in [5, 5.41) is 3.40. The summed E-state index contributed by atoms with van der Waals surface area (Å²) in [6.07, 6.45) is 1.71. The third-order valence-electron chi connectivity index (χ3n) is 6.32. The summed E-state index contributed by atoms with van der Waals surface area (Å²) >= 11 is 4.53. The number of nitrogens with one attached hydrogen (secondary N) is 1. The molecule has 0 aliphatic carbocycles. The average Bonchev–Trinajstić information content (AvgIpc) is 3.20. The molecule has 9 heteroatoms. The molecule has 0 spiro atoms. The Kier molecular flexibility index (Phi) is 5.55. The summed E-state index contributed by atoms with van der Waals surface area (Å²) in [7, 11) is 2.81. The number of fused-ring (bicyclic) bond motifs is 1. The van der Waals surface area contributed by atoms with Crippen molar-refractivity contribution in [1.82, 2.24) is 10.3 Å². The minimum atomic E-state index is -0.620. The van der Waals surface area contributed by atoms with Crippen LogP contribution in [0.2, 0.25) is 0 Å². The highest BCUT2D eigenvalue weighted by atomic mass is 32.1. The quantitative estimate of drug-likeness (QED) is 0.463. The lowest BCUT2D eigenvalue weighted by Gasteiger charge is -2.32. The Morgan fingerprint density at radius 1 is 1.16 bits per heavy atom. The van der Waals surface area contributed by atoms with Crippen molar-refractivity contribution < 1.29 is 18.5 Å². The highest BCUT2D eigenvalue weighted by molar-refractivity contribution is 7.81. The Hall–Kier alpha value is -2.49. The van der Waals surface area contributed by atoms with Gasteiger partial charge < -0.3 is 23.3 Å². The number of hydrogen-bond acceptors (Lipinski definition) is 7. The number of rotatable bonds is 4. The molecule has 7 nitrogen and oxygen atoms in total. The second kappa shape index (κ2) is 7.83. The van der Waals surface area contributed by atoms with Crippen molar-refractivity contribution >= 4 is 48.0 Å². The zero-order chi connectivity index (χ0) is 23.4. The van der Waals surface area contributed by atoms with E-state index in [0.717, 1.165) is 22.4 Å². The number of aryl methyl sites for hydroxylation is 1. The van der Waals surface area contributed by atoms with Gasteiger partial charge in [0.05, 0.1) is 16.8 Å². The van der Waals surface area contributed by atoms with Crippen molar-refractivity contribution in [2.24, 2.45) is 0 Å². The van der Waals surface area contributed by atoms with Gasteiger partial charge in [-0.05, 0) is 52.8 Å². The van der Waals surface area contributed by atoms with Gasteiger partial charge in [-0.25, -0.2) is 0 Å². The lowest BCUT2D eigenvalue weighted by molar-refractivity contribution is 0.00578. The number of furan rings is 1. The fraction of sp³-hybridized carbons (Fsp3) is 0.391. The first-order valence-electron chi connectivity index (χ1n) is 10.5. The van der Waals surface area contributed by atoms with E-state index in [1.165, 1.54) is 0 Å². The molecule has 2 aromatic heterocycles. The van der Waals surface area contributed by atoms with E-state index >= 15 is 0 Å². The zero-order valence-electron chi connectivity index (χ0n) is 19.4. The smallest absolute Gasteiger partial charge is 0.455 e. The Morgan fingerprint density at radius 2 is 1.81 bits per heavy atom. The van der Waals surface area contributed by atoms with Crippen LogP contribution in [0.25, 0.3) is 22.3 Å². The number of pyridine rings is 1. The van der Waals surface area contributed by atoms with Crippen LogP contribution in [-0.4, -0.2) is 43.3 Å². The fourth-order valence-corrected chi connectivity index (χ4v) is 3.92. The number of thiol groups is 1. The molecule has 0 bridgehead atoms. The van der Waals surface area contributed by atoms with E-state index in [0.29, 0.717) is 22.3 Å². The maximum atomic E-state index is 12.9. The van der Waals surface area contributed by atoms with Crippen molar-refractivity contribution in [3.63, 3.8) is 0 Å². The molecule has 0 saturated carbocycles. The molecule has 32 heavy (non-hydrogen) atoms. The summed E-state index contributed by atoms with van der Waals surface area (Å²) in [5.41, 5.74) is 3.15. The molecule has 168 valence electrons. The van der Waals surface area contributed by atoms with Crippen LogP contribution in [0.4, 0.5) is 5.69 Å². The Morgan fingerprint density at radius 3 is 2.34 bits per heavy atom. The van der Waals surface area contributed by atoms with Gasteiger partial charge >= 0.3 is 7.12 Å². The molecule has 1 saturated heterocycles. The zero-order valence-corrected chi connectivity index (χ0v) is 20.3. The number of nitrogens with zero attached hydrogens (tertiary/aromatic N) is 2. The average molecular weight is 453 g/mol. The first kappa shape index (κ1) is 22.7. The van der Waals surface area contributed by atoms with Gasteiger partial charge in [0, 0.05) is 54.2 Å². The summed E-state index contributed by atoms with van der Waals surface area (Å²) in [5.74, 6) is 0.219. The Labute approximate surface area is 194 Å². The standard InChI is InChI=1S/C23H28BN3O4S/c1-13-8-9-14(12-26-13)20-19(21(28)25-6)15-10-16(17(27(7)32)11-18(15)29-20)24-30-22(2,3)23(4,5)31-24/h8-12,32H,1-7H3,(H,25,28). The van der Waals surface area contributed by atoms with Crippen LogP contribution in [0.3, 0.4) is 0 Å². The van der Waals surface area contributed by atoms with Gasteiger partial charge in [0.15, 0.2) is 0 Å². The molecule has 3 aromatic rings. The van der Waals surface area contributed by atoms with E-state index in [4.69, 9.17) is 13.7 Å². The number of amides is 1. The maximum absolute atomic E-state index is 12.9. The van der Waals surface area contributed by atoms with Crippen molar-refractivity contribution in [3.05, 3.63) is 41.7 Å². The summed E-state index contributed by atoms with van der Waals surface area (Å²) in [6, 6.07) is 7.55. The minimum Gasteiger partial charge on any atom is -0.455 e. The van der Waals surface area contributed by atoms with Crippen molar-refractivity contribution in [3.8, 4) is 11.3 Å². The molecule has 1 amide bonds. The highest BCUT2D eigenvalue weighted by Gasteiger charge is 2.52. The lowest BCUT2D eigenvalue weighted by atomic mass is 9.77. The van der Waals surface area contributed by atoms with Gasteiger partial charge in [0.25, 0.3) is 5.91 Å². The van der Waals surface area contributed by atoms with E-state index in [2.05, 4.69) is 23.1 Å². The van der Waals surface area contributed by atoms with Gasteiger partial charge in [0.1, 0.15) is 11.3 Å². The van der Waals surface area contributed by atoms with Crippen molar-refractivity contribution in [2.75, 3.05) is 18.4 Å². The molecular weight excluding hydrogens is 425 g/mol. The molecule has 0 radical (unpaired) electrons. The second-order valence-corrected chi connectivity index (χ2v) is 9.69. The lowest BCUT2D eigenvalue weighted by Crippen LogP contribution is -2.41. The molecular formula is C23H28BN3O4S. The van der Waals surface area contributed by atoms with Crippen molar-refractivity contribution in [1.29, 1.82) is 0 Å². The minimum absolute atomic E-state index is 0.244. The fourth-order valence-electron chi connectivity index (χ4n) is 3.74. The maximum Gasteiger partial charge on any atom is 0.497 e. The van der Waals surface area contributed by atoms with Gasteiger partial charge in [0.2, 0.25) is 0 Å². The number of benzene rings is 1. The van der Waals surface area contributed by atoms with E-state index in [9.17, 15) is 4.79 Å². The summed E-state index contributed by atoms with van der Waals surface area (Å²) < 4.78 is 20.5. The highest BCUT2D eigenvalue weighted by Crippen LogP contribution is 2.39. The van der Waals surface area contributed by atoms with Crippen LogP contribution in [0.1, 0.15) is 43.7 Å². The molecule has 4 rings (SSSR count). The van der Waals surface area contributed by atoms with Gasteiger partial charge in [-0.2, -0.15) is 0 Å². The topological polar surface area (TPSA) is 76.8 Å². The summed E-state index contributed by atoms with van der Waals surface area (Å²) in [6.45, 7) is 9.93. The van der Waals surface area contributed by atoms with Gasteiger partial charge in [-0.3, -0.25) is 9.78 Å². The molecule has 0 atom stereocenters. The van der Waals surface area contributed by atoms with Crippen LogP contribution in [-0.2, 0) is 9.31 Å². The predicted molar refractivity (Wildman–Crippen MR) is 131 cm³/mol. The normalized spacial score (nSPS) is 17.1. The van der Waals surface area contributed by atoms with Crippen LogP contribution < -0.4 is 15.1 Å². The molecule has 1 fully saturated rings.